The van der Waals surface area contributed by atoms with Gasteiger partial charge in [0.1, 0.15) is 11.3 Å². The Bertz CT molecular complexity index is 627. The van der Waals surface area contributed by atoms with Crippen LogP contribution in [0.4, 0.5) is 0 Å². The lowest BCUT2D eigenvalue weighted by Gasteiger charge is -1.96. The molecule has 5 heteroatoms. The van der Waals surface area contributed by atoms with Crippen molar-refractivity contribution in [1.29, 1.82) is 0 Å². The van der Waals surface area contributed by atoms with Gasteiger partial charge in [-0.15, -0.1) is 0 Å². The Balaban J connectivity index is 2.58. The second-order valence-corrected chi connectivity index (χ2v) is 3.11. The van der Waals surface area contributed by atoms with Crippen LogP contribution in [0.2, 0.25) is 0 Å². The molecule has 0 amide bonds. The van der Waals surface area contributed by atoms with E-state index in [0.29, 0.717) is 11.0 Å². The van der Waals surface area contributed by atoms with Crippen molar-refractivity contribution < 1.29 is 9.34 Å². The van der Waals surface area contributed by atoms with Gasteiger partial charge in [-0.05, 0) is 12.1 Å². The molecule has 0 radical (unpaired) electrons. The van der Waals surface area contributed by atoms with Crippen LogP contribution in [0.1, 0.15) is 5.76 Å². The number of nitro groups is 1. The molecule has 80 valence electrons. The van der Waals surface area contributed by atoms with Crippen molar-refractivity contribution in [2.45, 2.75) is 0 Å². The van der Waals surface area contributed by atoms with Gasteiger partial charge in [0.05, 0.1) is 16.4 Å². The van der Waals surface area contributed by atoms with Gasteiger partial charge in [0.25, 0.3) is 0 Å². The van der Waals surface area contributed by atoms with Gasteiger partial charge in [-0.2, -0.15) is 0 Å². The van der Waals surface area contributed by atoms with Gasteiger partial charge in [0, 0.05) is 6.07 Å². The maximum atomic E-state index is 11.6. The van der Waals surface area contributed by atoms with Gasteiger partial charge in [-0.3, -0.25) is 14.9 Å². The number of fused-ring (bicyclic) bond motifs is 1. The second kappa shape index (κ2) is 3.98. The molecule has 0 aliphatic rings. The predicted octanol–water partition coefficient (Wildman–Crippen LogP) is 2.04. The Morgan fingerprint density at radius 1 is 1.31 bits per heavy atom. The van der Waals surface area contributed by atoms with Crippen LogP contribution in [-0.2, 0) is 0 Å². The van der Waals surface area contributed by atoms with Crippen molar-refractivity contribution >= 4 is 17.0 Å². The second-order valence-electron chi connectivity index (χ2n) is 3.11. The minimum Gasteiger partial charge on any atom is -0.456 e. The summed E-state index contributed by atoms with van der Waals surface area (Å²) in [5.74, 6) is 0.167. The van der Waals surface area contributed by atoms with E-state index in [4.69, 9.17) is 4.42 Å². The summed E-state index contributed by atoms with van der Waals surface area (Å²) < 4.78 is 5.30. The molecule has 0 saturated heterocycles. The van der Waals surface area contributed by atoms with Crippen LogP contribution in [0, 0.1) is 10.1 Å². The van der Waals surface area contributed by atoms with Gasteiger partial charge >= 0.3 is 0 Å². The van der Waals surface area contributed by atoms with Crippen LogP contribution in [-0.4, -0.2) is 4.92 Å². The predicted molar refractivity (Wildman–Crippen MR) is 58.5 cm³/mol. The zero-order valence-corrected chi connectivity index (χ0v) is 8.12. The summed E-state index contributed by atoms with van der Waals surface area (Å²) in [4.78, 5) is 21.1. The highest BCUT2D eigenvalue weighted by atomic mass is 16.6. The van der Waals surface area contributed by atoms with Crippen molar-refractivity contribution in [3.63, 3.8) is 0 Å². The zero-order valence-electron chi connectivity index (χ0n) is 8.12. The van der Waals surface area contributed by atoms with Crippen molar-refractivity contribution in [3.8, 4) is 0 Å². The molecular weight excluding hydrogens is 210 g/mol. The number of hydrogen-bond donors (Lipinski definition) is 0. The van der Waals surface area contributed by atoms with E-state index in [1.165, 1.54) is 6.07 Å². The summed E-state index contributed by atoms with van der Waals surface area (Å²) in [5, 5.41) is 10.6. The molecule has 1 heterocycles. The maximum absolute atomic E-state index is 11.6. The summed E-state index contributed by atoms with van der Waals surface area (Å²) in [6, 6.07) is 7.96. The summed E-state index contributed by atoms with van der Waals surface area (Å²) in [6.45, 7) is 0. The molecule has 0 atom stereocenters. The van der Waals surface area contributed by atoms with E-state index in [1.54, 1.807) is 24.3 Å². The molecule has 0 N–H and O–H groups in total. The van der Waals surface area contributed by atoms with Crippen LogP contribution >= 0.6 is 0 Å². The van der Waals surface area contributed by atoms with Crippen molar-refractivity contribution in [2.24, 2.45) is 0 Å². The highest BCUT2D eigenvalue weighted by Crippen LogP contribution is 2.12. The SMILES string of the molecule is O=c1cc(C=C[N+](=O)[O-])oc2ccccc12. The van der Waals surface area contributed by atoms with Gasteiger partial charge in [0.2, 0.25) is 6.20 Å². The normalized spacial score (nSPS) is 11.0. The summed E-state index contributed by atoms with van der Waals surface area (Å²) >= 11 is 0. The number of para-hydroxylation sites is 1. The van der Waals surface area contributed by atoms with Crippen LogP contribution < -0.4 is 5.43 Å². The summed E-state index contributed by atoms with van der Waals surface area (Å²) in [5.41, 5.74) is 0.197. The van der Waals surface area contributed by atoms with Gasteiger partial charge < -0.3 is 4.42 Å². The Labute approximate surface area is 89.8 Å². The molecule has 0 bridgehead atoms. The molecule has 0 spiro atoms. The third-order valence-electron chi connectivity index (χ3n) is 2.01. The summed E-state index contributed by atoms with van der Waals surface area (Å²) in [6.07, 6.45) is 1.88. The van der Waals surface area contributed by atoms with E-state index in [-0.39, 0.29) is 11.2 Å². The molecule has 0 fully saturated rings. The van der Waals surface area contributed by atoms with Gasteiger partial charge in [-0.25, -0.2) is 0 Å². The molecule has 1 aromatic heterocycles. The van der Waals surface area contributed by atoms with Crippen molar-refractivity contribution in [1.82, 2.24) is 0 Å². The van der Waals surface area contributed by atoms with Crippen molar-refractivity contribution in [2.75, 3.05) is 0 Å². The van der Waals surface area contributed by atoms with Crippen LogP contribution in [0.5, 0.6) is 0 Å². The highest BCUT2D eigenvalue weighted by Gasteiger charge is 2.02. The van der Waals surface area contributed by atoms with E-state index in [9.17, 15) is 14.9 Å². The van der Waals surface area contributed by atoms with Crippen molar-refractivity contribution in [3.05, 3.63) is 62.6 Å². The first kappa shape index (κ1) is 10.1. The fraction of sp³-hybridized carbons (Fsp3) is 0. The Morgan fingerprint density at radius 3 is 2.81 bits per heavy atom. The molecule has 0 unspecified atom stereocenters. The average molecular weight is 217 g/mol. The maximum Gasteiger partial charge on any atom is 0.238 e. The quantitative estimate of drug-likeness (QED) is 0.569. The lowest BCUT2D eigenvalue weighted by Crippen LogP contribution is -1.99. The Morgan fingerprint density at radius 2 is 2.06 bits per heavy atom. The first-order chi connectivity index (χ1) is 7.66. The molecule has 0 saturated carbocycles. The third-order valence-corrected chi connectivity index (χ3v) is 2.01. The van der Waals surface area contributed by atoms with Crippen LogP contribution in [0.25, 0.3) is 17.0 Å². The molecule has 2 rings (SSSR count). The van der Waals surface area contributed by atoms with E-state index < -0.39 is 4.92 Å². The van der Waals surface area contributed by atoms with Gasteiger partial charge in [-0.1, -0.05) is 12.1 Å². The Kier molecular flexibility index (Phi) is 2.51. The number of hydrogen-bond acceptors (Lipinski definition) is 4. The molecule has 0 aliphatic carbocycles. The minimum atomic E-state index is -0.616. The lowest BCUT2D eigenvalue weighted by atomic mass is 10.2. The standard InChI is InChI=1S/C11H7NO4/c13-10-7-8(5-6-12(14)15)16-11-4-2-1-3-9(10)11/h1-7H. The van der Waals surface area contributed by atoms with E-state index in [1.807, 2.05) is 0 Å². The van der Waals surface area contributed by atoms with Crippen LogP contribution in [0.3, 0.4) is 0 Å². The molecule has 1 aromatic carbocycles. The van der Waals surface area contributed by atoms with E-state index >= 15 is 0 Å². The molecule has 16 heavy (non-hydrogen) atoms. The molecule has 0 aliphatic heterocycles. The smallest absolute Gasteiger partial charge is 0.238 e. The lowest BCUT2D eigenvalue weighted by molar-refractivity contribution is -0.401. The monoisotopic (exact) mass is 217 g/mol. The average Bonchev–Trinajstić information content (AvgIpc) is 2.26. The zero-order chi connectivity index (χ0) is 11.5. The fourth-order valence-electron chi connectivity index (χ4n) is 1.34. The number of rotatable bonds is 2. The highest BCUT2D eigenvalue weighted by molar-refractivity contribution is 5.76. The van der Waals surface area contributed by atoms with Crippen LogP contribution in [0.15, 0.2) is 45.7 Å². The molecule has 2 aromatic rings. The fourth-order valence-corrected chi connectivity index (χ4v) is 1.34. The topological polar surface area (TPSA) is 73.3 Å². The molecule has 5 nitrogen and oxygen atoms in total. The van der Waals surface area contributed by atoms with Gasteiger partial charge in [0.15, 0.2) is 5.43 Å². The number of nitrogens with zero attached hydrogens (tertiary/aromatic N) is 1. The first-order valence-corrected chi connectivity index (χ1v) is 4.51. The summed E-state index contributed by atoms with van der Waals surface area (Å²) in [7, 11) is 0. The van der Waals surface area contributed by atoms with E-state index in [2.05, 4.69) is 0 Å². The van der Waals surface area contributed by atoms with E-state index in [0.717, 1.165) is 12.3 Å². The largest absolute Gasteiger partial charge is 0.456 e. The minimum absolute atomic E-state index is 0.167. The first-order valence-electron chi connectivity index (χ1n) is 4.51. The third kappa shape index (κ3) is 1.98. The Hall–Kier alpha value is -2.43. The number of benzene rings is 1. The molecular formula is C11H7NO4.